The van der Waals surface area contributed by atoms with Gasteiger partial charge in [-0.15, -0.1) is 0 Å². The van der Waals surface area contributed by atoms with E-state index >= 15 is 0 Å². The molecule has 1 aliphatic rings. The second-order valence-electron chi connectivity index (χ2n) is 9.09. The summed E-state index contributed by atoms with van der Waals surface area (Å²) in [7, 11) is -6.02. The third-order valence-corrected chi connectivity index (χ3v) is 9.50. The molecule has 0 atom stereocenters. The number of hydrogen-bond acceptors (Lipinski definition) is 7. The molecule has 1 N–H and O–H groups in total. The number of nitrogens with one attached hydrogen (secondary N) is 1. The maximum absolute atomic E-state index is 13.4. The fourth-order valence-corrected chi connectivity index (χ4v) is 6.88. The Balaban J connectivity index is 1.90. The first-order valence-electron chi connectivity index (χ1n) is 11.7. The normalized spacial score (nSPS) is 15.2. The second-order valence-corrected chi connectivity index (χ2v) is 12.8. The number of sulfonamides is 1. The van der Waals surface area contributed by atoms with E-state index in [1.807, 2.05) is 25.8 Å². The third kappa shape index (κ3) is 6.61. The predicted molar refractivity (Wildman–Crippen MR) is 135 cm³/mol. The van der Waals surface area contributed by atoms with Gasteiger partial charge in [0.25, 0.3) is 0 Å². The zero-order chi connectivity index (χ0) is 25.6. The Kier molecular flexibility index (Phi) is 8.94. The molecule has 8 nitrogen and oxygen atoms in total. The van der Waals surface area contributed by atoms with Gasteiger partial charge in [0.1, 0.15) is 0 Å². The Hall–Kier alpha value is -2.45. The van der Waals surface area contributed by atoms with Crippen LogP contribution in [0.25, 0.3) is 0 Å². The van der Waals surface area contributed by atoms with E-state index in [2.05, 4.69) is 10.8 Å². The van der Waals surface area contributed by atoms with E-state index in [1.165, 1.54) is 24.3 Å². The van der Waals surface area contributed by atoms with Crippen LogP contribution in [0.4, 0.5) is 5.69 Å². The summed E-state index contributed by atoms with van der Waals surface area (Å²) in [5.41, 5.74) is 1.35. The van der Waals surface area contributed by atoms with Gasteiger partial charge in [0, 0.05) is 39.0 Å². The predicted octanol–water partition coefficient (Wildman–Crippen LogP) is 3.70. The first kappa shape index (κ1) is 27.1. The highest BCUT2D eigenvalue weighted by Gasteiger charge is 2.26. The highest BCUT2D eigenvalue weighted by atomic mass is 32.2. The number of sulfone groups is 1. The van der Waals surface area contributed by atoms with Crippen molar-refractivity contribution in [3.05, 3.63) is 48.0 Å². The van der Waals surface area contributed by atoms with E-state index in [0.29, 0.717) is 38.3 Å². The van der Waals surface area contributed by atoms with Gasteiger partial charge >= 0.3 is 0 Å². The van der Waals surface area contributed by atoms with E-state index < -0.39 is 19.9 Å². The van der Waals surface area contributed by atoms with Crippen LogP contribution in [-0.2, 0) is 24.6 Å². The van der Waals surface area contributed by atoms with Gasteiger partial charge in [0.2, 0.25) is 19.9 Å². The van der Waals surface area contributed by atoms with Crippen LogP contribution in [0.2, 0.25) is 0 Å². The molecule has 1 saturated heterocycles. The number of rotatable bonds is 10. The number of ether oxygens (including phenoxy) is 1. The number of hydrogen-bond donors (Lipinski definition) is 1. The van der Waals surface area contributed by atoms with E-state index in [1.54, 1.807) is 18.2 Å². The molecule has 3 rings (SSSR count). The van der Waals surface area contributed by atoms with Crippen LogP contribution in [0.1, 0.15) is 44.6 Å². The Morgan fingerprint density at radius 2 is 1.69 bits per heavy atom. The molecular formula is C25H33N3O5S2. The minimum atomic E-state index is -3.94. The van der Waals surface area contributed by atoms with Crippen molar-refractivity contribution in [1.82, 2.24) is 4.72 Å². The average molecular weight is 520 g/mol. The maximum atomic E-state index is 13.4. The molecule has 0 amide bonds. The molecule has 2 aromatic carbocycles. The fourth-order valence-electron chi connectivity index (χ4n) is 4.01. The van der Waals surface area contributed by atoms with Crippen molar-refractivity contribution < 1.29 is 21.6 Å². The minimum Gasteiger partial charge on any atom is -0.381 e. The Morgan fingerprint density at radius 3 is 2.29 bits per heavy atom. The van der Waals surface area contributed by atoms with Crippen molar-refractivity contribution in [3.8, 4) is 6.07 Å². The highest BCUT2D eigenvalue weighted by molar-refractivity contribution is 7.91. The molecule has 0 unspecified atom stereocenters. The summed E-state index contributed by atoms with van der Waals surface area (Å²) < 4.78 is 61.3. The average Bonchev–Trinajstić information content (AvgIpc) is 2.86. The molecule has 1 aliphatic heterocycles. The molecule has 0 bridgehead atoms. The summed E-state index contributed by atoms with van der Waals surface area (Å²) in [6.45, 7) is 5.81. The van der Waals surface area contributed by atoms with Crippen LogP contribution in [0, 0.1) is 17.2 Å². The zero-order valence-corrected chi connectivity index (χ0v) is 22.0. The van der Waals surface area contributed by atoms with Gasteiger partial charge in [-0.3, -0.25) is 0 Å². The quantitative estimate of drug-likeness (QED) is 0.509. The van der Waals surface area contributed by atoms with E-state index in [4.69, 9.17) is 10.00 Å². The zero-order valence-electron chi connectivity index (χ0n) is 20.4. The fraction of sp³-hybridized carbons (Fsp3) is 0.480. The lowest BCUT2D eigenvalue weighted by Gasteiger charge is -2.23. The highest BCUT2D eigenvalue weighted by Crippen LogP contribution is 2.30. The molecule has 0 aromatic heterocycles. The first-order chi connectivity index (χ1) is 16.6. The van der Waals surface area contributed by atoms with Crippen molar-refractivity contribution in [1.29, 1.82) is 5.26 Å². The van der Waals surface area contributed by atoms with Gasteiger partial charge in [0.05, 0.1) is 27.2 Å². The monoisotopic (exact) mass is 519 g/mol. The van der Waals surface area contributed by atoms with Crippen molar-refractivity contribution >= 4 is 25.5 Å². The lowest BCUT2D eigenvalue weighted by molar-refractivity contribution is 0.0678. The molecule has 0 radical (unpaired) electrons. The van der Waals surface area contributed by atoms with E-state index in [-0.39, 0.29) is 26.5 Å². The maximum Gasteiger partial charge on any atom is 0.240 e. The van der Waals surface area contributed by atoms with Crippen molar-refractivity contribution in [3.63, 3.8) is 0 Å². The molecule has 190 valence electrons. The van der Waals surface area contributed by atoms with Crippen LogP contribution < -0.4 is 9.62 Å². The molecule has 10 heteroatoms. The molecule has 35 heavy (non-hydrogen) atoms. The van der Waals surface area contributed by atoms with Gasteiger partial charge in [-0.1, -0.05) is 19.9 Å². The third-order valence-electron chi connectivity index (χ3n) is 6.26. The van der Waals surface area contributed by atoms with Crippen LogP contribution in [0.3, 0.4) is 0 Å². The first-order valence-corrected chi connectivity index (χ1v) is 14.7. The van der Waals surface area contributed by atoms with Crippen molar-refractivity contribution in [2.24, 2.45) is 5.92 Å². The molecule has 1 fully saturated rings. The van der Waals surface area contributed by atoms with Gasteiger partial charge < -0.3 is 9.64 Å². The molecule has 0 saturated carbocycles. The number of nitriles is 1. The van der Waals surface area contributed by atoms with Crippen molar-refractivity contribution in [2.75, 3.05) is 38.3 Å². The van der Waals surface area contributed by atoms with Gasteiger partial charge in [-0.2, -0.15) is 5.26 Å². The van der Waals surface area contributed by atoms with E-state index in [9.17, 15) is 16.8 Å². The van der Waals surface area contributed by atoms with Gasteiger partial charge in [-0.25, -0.2) is 21.6 Å². The SMILES string of the molecule is CC(C)c1ccc(S(=O)(=O)c2ccc(N(C)CCC#N)cc2)cc1S(=O)(=O)NCC1CCOCC1. The van der Waals surface area contributed by atoms with Gasteiger partial charge in [-0.05, 0) is 66.6 Å². The Bertz CT molecular complexity index is 1260. The molecular weight excluding hydrogens is 486 g/mol. The number of benzene rings is 2. The number of anilines is 1. The van der Waals surface area contributed by atoms with Crippen LogP contribution in [0.15, 0.2) is 57.2 Å². The largest absolute Gasteiger partial charge is 0.381 e. The smallest absolute Gasteiger partial charge is 0.240 e. The summed E-state index contributed by atoms with van der Waals surface area (Å²) in [5, 5.41) is 8.76. The molecule has 2 aromatic rings. The van der Waals surface area contributed by atoms with E-state index in [0.717, 1.165) is 18.5 Å². The molecule has 0 spiro atoms. The lowest BCUT2D eigenvalue weighted by atomic mass is 10.0. The summed E-state index contributed by atoms with van der Waals surface area (Å²) >= 11 is 0. The minimum absolute atomic E-state index is 0.00603. The van der Waals surface area contributed by atoms with Gasteiger partial charge in [0.15, 0.2) is 0 Å². The topological polar surface area (TPSA) is 117 Å². The van der Waals surface area contributed by atoms with Crippen LogP contribution in [0.5, 0.6) is 0 Å². The van der Waals surface area contributed by atoms with Crippen LogP contribution in [-0.4, -0.2) is 50.2 Å². The summed E-state index contributed by atoms with van der Waals surface area (Å²) in [6.07, 6.45) is 1.93. The lowest BCUT2D eigenvalue weighted by Crippen LogP contribution is -2.32. The summed E-state index contributed by atoms with van der Waals surface area (Å²) in [6, 6.07) is 12.8. The van der Waals surface area contributed by atoms with Crippen LogP contribution >= 0.6 is 0 Å². The Morgan fingerprint density at radius 1 is 1.06 bits per heavy atom. The molecule has 1 heterocycles. The standard InChI is InChI=1S/C25H33N3O5S2/c1-19(2)24-10-9-23(17-25(24)35(31,32)27-18-20-11-15-33-16-12-20)34(29,30)22-7-5-21(6-8-22)28(3)14-4-13-26/h5-10,17,19-20,27H,4,11-12,14-16,18H2,1-3H3. The molecule has 0 aliphatic carbocycles. The summed E-state index contributed by atoms with van der Waals surface area (Å²) in [4.78, 5) is 1.87. The number of nitrogens with zero attached hydrogens (tertiary/aromatic N) is 2. The Labute approximate surface area is 208 Å². The van der Waals surface area contributed by atoms with Crippen molar-refractivity contribution in [2.45, 2.75) is 53.7 Å². The second kappa shape index (κ2) is 11.5. The summed E-state index contributed by atoms with van der Waals surface area (Å²) in [5.74, 6) is 0.0855.